The molecule has 0 heterocycles. The summed E-state index contributed by atoms with van der Waals surface area (Å²) in [5.74, 6) is -0.164. The summed E-state index contributed by atoms with van der Waals surface area (Å²) in [5.41, 5.74) is 0. The molecule has 4 heteroatoms. The van der Waals surface area contributed by atoms with Gasteiger partial charge in [-0.2, -0.15) is 0 Å². The molecule has 0 bridgehead atoms. The van der Waals surface area contributed by atoms with E-state index in [9.17, 15) is 15.0 Å². The van der Waals surface area contributed by atoms with Crippen LogP contribution in [-0.2, 0) is 4.79 Å². The van der Waals surface area contributed by atoms with Crippen molar-refractivity contribution in [2.75, 3.05) is 6.61 Å². The van der Waals surface area contributed by atoms with Gasteiger partial charge in [0, 0.05) is 6.42 Å². The van der Waals surface area contributed by atoms with Gasteiger partial charge in [-0.05, 0) is 83.5 Å². The van der Waals surface area contributed by atoms with E-state index in [2.05, 4.69) is 110 Å². The Morgan fingerprint density at radius 2 is 0.763 bits per heavy atom. The zero-order chi connectivity index (χ0) is 42.8. The molecule has 2 unspecified atom stereocenters. The van der Waals surface area contributed by atoms with Crippen molar-refractivity contribution >= 4 is 5.91 Å². The molecule has 4 nitrogen and oxygen atoms in total. The van der Waals surface area contributed by atoms with Crippen LogP contribution >= 0.6 is 0 Å². The van der Waals surface area contributed by atoms with E-state index in [1.807, 2.05) is 12.2 Å². The minimum atomic E-state index is -0.909. The maximum atomic E-state index is 12.4. The predicted octanol–water partition coefficient (Wildman–Crippen LogP) is 16.0. The number of carbonyl (C=O) groups excluding carboxylic acids is 1. The monoisotopic (exact) mass is 816 g/mol. The second-order valence-corrected chi connectivity index (χ2v) is 16.1. The molecule has 0 aliphatic rings. The molecule has 0 saturated heterocycles. The molecule has 59 heavy (non-hydrogen) atoms. The molecule has 0 aromatic heterocycles. The van der Waals surface area contributed by atoms with Crippen LogP contribution in [-0.4, -0.2) is 34.9 Å². The summed E-state index contributed by atoms with van der Waals surface area (Å²) < 4.78 is 0. The molecule has 0 spiro atoms. The second-order valence-electron chi connectivity index (χ2n) is 16.1. The minimum Gasteiger partial charge on any atom is -0.394 e. The number of carbonyl (C=O) groups is 1. The van der Waals surface area contributed by atoms with Gasteiger partial charge in [0.1, 0.15) is 0 Å². The lowest BCUT2D eigenvalue weighted by molar-refractivity contribution is -0.122. The van der Waals surface area contributed by atoms with E-state index in [0.29, 0.717) is 12.8 Å². The Morgan fingerprint density at radius 3 is 1.17 bits per heavy atom. The van der Waals surface area contributed by atoms with E-state index in [1.165, 1.54) is 122 Å². The molecule has 0 aromatic rings. The van der Waals surface area contributed by atoms with E-state index in [0.717, 1.165) is 64.2 Å². The van der Waals surface area contributed by atoms with Gasteiger partial charge in [0.05, 0.1) is 18.8 Å². The molecular weight excluding hydrogens is 723 g/mol. The quantitative estimate of drug-likeness (QED) is 0.0424. The Hall–Kier alpha value is -2.95. The molecule has 0 fully saturated rings. The number of aliphatic hydroxyl groups excluding tert-OH is 2. The minimum absolute atomic E-state index is 0.164. The van der Waals surface area contributed by atoms with Gasteiger partial charge in [0.2, 0.25) is 5.91 Å². The highest BCUT2D eigenvalue weighted by molar-refractivity contribution is 5.76. The average molecular weight is 816 g/mol. The van der Waals surface area contributed by atoms with Crippen LogP contribution in [0.5, 0.6) is 0 Å². The Labute approximate surface area is 366 Å². The fourth-order valence-electron chi connectivity index (χ4n) is 6.76. The zero-order valence-electron chi connectivity index (χ0n) is 38.5. The predicted molar refractivity (Wildman–Crippen MR) is 262 cm³/mol. The number of amides is 1. The molecule has 0 aromatic carbocycles. The first-order valence-corrected chi connectivity index (χ1v) is 24.6. The maximum Gasteiger partial charge on any atom is 0.220 e. The molecule has 0 aliphatic carbocycles. The number of hydrogen-bond donors (Lipinski definition) is 3. The normalized spacial score (nSPS) is 13.9. The third-order valence-corrected chi connectivity index (χ3v) is 10.5. The van der Waals surface area contributed by atoms with Crippen molar-refractivity contribution in [2.24, 2.45) is 0 Å². The molecule has 0 radical (unpaired) electrons. The summed E-state index contributed by atoms with van der Waals surface area (Å²) in [6.07, 6.45) is 75.2. The lowest BCUT2D eigenvalue weighted by Crippen LogP contribution is -2.45. The van der Waals surface area contributed by atoms with Crippen molar-refractivity contribution in [3.8, 4) is 0 Å². The Bertz CT molecular complexity index is 1150. The van der Waals surface area contributed by atoms with Crippen molar-refractivity contribution in [3.05, 3.63) is 109 Å². The summed E-state index contributed by atoms with van der Waals surface area (Å²) in [7, 11) is 0. The van der Waals surface area contributed by atoms with Crippen LogP contribution in [0.25, 0.3) is 0 Å². The van der Waals surface area contributed by atoms with E-state index < -0.39 is 12.1 Å². The van der Waals surface area contributed by atoms with Crippen LogP contribution < -0.4 is 5.32 Å². The number of rotatable bonds is 43. The molecule has 336 valence electrons. The van der Waals surface area contributed by atoms with Crippen molar-refractivity contribution in [2.45, 2.75) is 225 Å². The molecule has 0 aliphatic heterocycles. The van der Waals surface area contributed by atoms with Crippen molar-refractivity contribution in [1.82, 2.24) is 5.32 Å². The molecule has 0 saturated carbocycles. The van der Waals surface area contributed by atoms with Gasteiger partial charge >= 0.3 is 0 Å². The van der Waals surface area contributed by atoms with Gasteiger partial charge < -0.3 is 15.5 Å². The van der Waals surface area contributed by atoms with Gasteiger partial charge in [-0.25, -0.2) is 0 Å². The van der Waals surface area contributed by atoms with Crippen LogP contribution in [0.15, 0.2) is 109 Å². The molecule has 2 atom stereocenters. The van der Waals surface area contributed by atoms with Gasteiger partial charge in [-0.3, -0.25) is 4.79 Å². The summed E-state index contributed by atoms with van der Waals surface area (Å²) in [6, 6.07) is -0.694. The number of unbranched alkanes of at least 4 members (excludes halogenated alkanes) is 20. The van der Waals surface area contributed by atoms with Crippen molar-refractivity contribution < 1.29 is 15.0 Å². The number of aliphatic hydroxyl groups is 2. The lowest BCUT2D eigenvalue weighted by Gasteiger charge is -2.19. The summed E-state index contributed by atoms with van der Waals surface area (Å²) in [6.45, 7) is 4.14. The Kier molecular flexibility index (Phi) is 46.9. The topological polar surface area (TPSA) is 69.6 Å². The average Bonchev–Trinajstić information content (AvgIpc) is 3.24. The highest BCUT2D eigenvalue weighted by atomic mass is 16.3. The van der Waals surface area contributed by atoms with E-state index in [-0.39, 0.29) is 12.5 Å². The van der Waals surface area contributed by atoms with Crippen LogP contribution in [0, 0.1) is 0 Å². The first-order chi connectivity index (χ1) is 29.2. The molecule has 1 amide bonds. The molecular formula is C55H93NO3. The van der Waals surface area contributed by atoms with E-state index in [1.54, 1.807) is 6.08 Å². The van der Waals surface area contributed by atoms with Crippen LogP contribution in [0.4, 0.5) is 0 Å². The highest BCUT2D eigenvalue weighted by Gasteiger charge is 2.17. The van der Waals surface area contributed by atoms with Crippen LogP contribution in [0.2, 0.25) is 0 Å². The third kappa shape index (κ3) is 46.0. The zero-order valence-corrected chi connectivity index (χ0v) is 38.5. The number of hydrogen-bond acceptors (Lipinski definition) is 3. The third-order valence-electron chi connectivity index (χ3n) is 10.5. The molecule has 0 rings (SSSR count). The fourth-order valence-corrected chi connectivity index (χ4v) is 6.76. The summed E-state index contributed by atoms with van der Waals surface area (Å²) in [5, 5.41) is 23.0. The standard InChI is InChI=1S/C55H93NO3/c1-3-5-7-9-11-13-15-17-19-21-23-24-25-26-27-28-29-30-31-33-34-36-38-40-42-44-46-48-50-54(58)53(52-57)56-55(59)51-49-47-45-43-41-39-37-35-32-22-20-18-16-14-12-10-8-6-4-2/h6,8,12,14,18,20,32-35,39-42,45,47-48,50,53-54,57-58H,3-5,7,9-11,13,15-17,19,21-31,36-38,43-44,46,49,51-52H2,1-2H3,(H,56,59)/b8-6-,14-12-,20-18-,34-33+,35-32-,41-39-,42-40+,47-45-,50-48+. The SMILES string of the molecule is CC/C=C\C/C=C\C/C=C\C/C=C\C/C=C\C/C=C\CCC(=O)NC(CO)C(O)/C=C/CC/C=C/CC/C=C/CCCCCCCCCCCCCCCCCCCC. The molecule has 3 N–H and O–H groups in total. The fraction of sp³-hybridized carbons (Fsp3) is 0.655. The van der Waals surface area contributed by atoms with Crippen molar-refractivity contribution in [1.29, 1.82) is 0 Å². The van der Waals surface area contributed by atoms with Gasteiger partial charge in [-0.1, -0.05) is 232 Å². The summed E-state index contributed by atoms with van der Waals surface area (Å²) >= 11 is 0. The Morgan fingerprint density at radius 1 is 0.424 bits per heavy atom. The van der Waals surface area contributed by atoms with E-state index in [4.69, 9.17) is 0 Å². The first kappa shape index (κ1) is 56.1. The number of allylic oxidation sites excluding steroid dienone is 17. The van der Waals surface area contributed by atoms with Crippen molar-refractivity contribution in [3.63, 3.8) is 0 Å². The second kappa shape index (κ2) is 49.4. The smallest absolute Gasteiger partial charge is 0.220 e. The summed E-state index contributed by atoms with van der Waals surface area (Å²) in [4.78, 5) is 12.4. The van der Waals surface area contributed by atoms with Gasteiger partial charge in [-0.15, -0.1) is 0 Å². The number of nitrogens with one attached hydrogen (secondary N) is 1. The maximum absolute atomic E-state index is 12.4. The highest BCUT2D eigenvalue weighted by Crippen LogP contribution is 2.15. The lowest BCUT2D eigenvalue weighted by atomic mass is 10.0. The van der Waals surface area contributed by atoms with Crippen LogP contribution in [0.3, 0.4) is 0 Å². The first-order valence-electron chi connectivity index (χ1n) is 24.6. The van der Waals surface area contributed by atoms with Crippen LogP contribution in [0.1, 0.15) is 213 Å². The van der Waals surface area contributed by atoms with Gasteiger partial charge in [0.25, 0.3) is 0 Å². The Balaban J connectivity index is 3.72. The van der Waals surface area contributed by atoms with Gasteiger partial charge in [0.15, 0.2) is 0 Å². The largest absolute Gasteiger partial charge is 0.394 e. The van der Waals surface area contributed by atoms with E-state index >= 15 is 0 Å².